The highest BCUT2D eigenvalue weighted by Crippen LogP contribution is 2.34. The largest absolute Gasteiger partial charge is 0.457 e. The van der Waals surface area contributed by atoms with Gasteiger partial charge in [-0.15, -0.1) is 0 Å². The Morgan fingerprint density at radius 1 is 0.966 bits per heavy atom. The highest BCUT2D eigenvalue weighted by molar-refractivity contribution is 5.98. The molecule has 5 nitrogen and oxygen atoms in total. The summed E-state index contributed by atoms with van der Waals surface area (Å²) in [6.07, 6.45) is -5.35. The van der Waals surface area contributed by atoms with Gasteiger partial charge >= 0.3 is 12.1 Å². The lowest BCUT2D eigenvalue weighted by atomic mass is 10.0. The molecule has 0 atom stereocenters. The van der Waals surface area contributed by atoms with E-state index in [0.29, 0.717) is 5.56 Å². The molecule has 2 aromatic rings. The van der Waals surface area contributed by atoms with Gasteiger partial charge in [0.1, 0.15) is 0 Å². The number of aryl methyl sites for hydroxylation is 2. The predicted molar refractivity (Wildman–Crippen MR) is 101 cm³/mol. The number of benzene rings is 2. The van der Waals surface area contributed by atoms with Gasteiger partial charge in [0.25, 0.3) is 0 Å². The lowest BCUT2D eigenvalue weighted by Gasteiger charge is -2.13. The number of alkyl halides is 3. The molecule has 0 heterocycles. The zero-order chi connectivity index (χ0) is 21.6. The van der Waals surface area contributed by atoms with Crippen molar-refractivity contribution in [2.45, 2.75) is 32.9 Å². The number of carbonyl (C=O) groups excluding carboxylic acids is 3. The first-order valence-corrected chi connectivity index (χ1v) is 8.80. The molecule has 0 aliphatic rings. The number of hydrogen-bond acceptors (Lipinski definition) is 4. The van der Waals surface area contributed by atoms with Gasteiger partial charge in [0.2, 0.25) is 5.91 Å². The zero-order valence-electron chi connectivity index (χ0n) is 15.9. The summed E-state index contributed by atoms with van der Waals surface area (Å²) in [7, 11) is 0. The predicted octanol–water partition coefficient (Wildman–Crippen LogP) is 4.47. The van der Waals surface area contributed by atoms with Gasteiger partial charge in [-0.2, -0.15) is 13.2 Å². The van der Waals surface area contributed by atoms with Gasteiger partial charge in [-0.05, 0) is 43.2 Å². The number of hydrogen-bond donors (Lipinski definition) is 1. The van der Waals surface area contributed by atoms with Crippen LogP contribution in [0.3, 0.4) is 0 Å². The van der Waals surface area contributed by atoms with Crippen LogP contribution in [0.25, 0.3) is 0 Å². The summed E-state index contributed by atoms with van der Waals surface area (Å²) in [5.74, 6) is -1.94. The Balaban J connectivity index is 1.83. The molecule has 29 heavy (non-hydrogen) atoms. The van der Waals surface area contributed by atoms with Crippen molar-refractivity contribution in [1.82, 2.24) is 0 Å². The van der Waals surface area contributed by atoms with Gasteiger partial charge in [-0.25, -0.2) is 0 Å². The number of para-hydroxylation sites is 1. The maximum Gasteiger partial charge on any atom is 0.418 e. The maximum absolute atomic E-state index is 12.9. The van der Waals surface area contributed by atoms with E-state index < -0.39 is 30.2 Å². The minimum atomic E-state index is -4.61. The van der Waals surface area contributed by atoms with E-state index in [1.165, 1.54) is 12.1 Å². The number of rotatable bonds is 7. The van der Waals surface area contributed by atoms with E-state index in [1.807, 2.05) is 13.8 Å². The Labute approximate surface area is 165 Å². The third kappa shape index (κ3) is 6.44. The third-order valence-corrected chi connectivity index (χ3v) is 4.26. The molecule has 2 rings (SSSR count). The summed E-state index contributed by atoms with van der Waals surface area (Å²) < 4.78 is 43.6. The Morgan fingerprint density at radius 2 is 1.66 bits per heavy atom. The van der Waals surface area contributed by atoms with Crippen LogP contribution in [-0.4, -0.2) is 24.3 Å². The Morgan fingerprint density at radius 3 is 2.31 bits per heavy atom. The lowest BCUT2D eigenvalue weighted by Crippen LogP contribution is -2.19. The molecule has 8 heteroatoms. The standard InChI is InChI=1S/C21H20F3NO4/c1-13-7-8-15(11-14(13)2)18(26)12-29-20(28)10-9-19(27)25-17-6-4-3-5-16(17)21(22,23)24/h3-8,11H,9-10,12H2,1-2H3,(H,25,27). The molecule has 0 spiro atoms. The average Bonchev–Trinajstić information content (AvgIpc) is 2.66. The van der Waals surface area contributed by atoms with E-state index >= 15 is 0 Å². The van der Waals surface area contributed by atoms with E-state index in [9.17, 15) is 27.6 Å². The number of halogens is 3. The van der Waals surface area contributed by atoms with Crippen molar-refractivity contribution in [3.63, 3.8) is 0 Å². The Kier molecular flexibility index (Phi) is 7.14. The summed E-state index contributed by atoms with van der Waals surface area (Å²) in [5.41, 5.74) is 0.996. The molecule has 0 bridgehead atoms. The fraction of sp³-hybridized carbons (Fsp3) is 0.286. The smallest absolute Gasteiger partial charge is 0.418 e. The number of ketones is 1. The van der Waals surface area contributed by atoms with Gasteiger partial charge in [-0.3, -0.25) is 14.4 Å². The van der Waals surface area contributed by atoms with E-state index in [1.54, 1.807) is 18.2 Å². The normalized spacial score (nSPS) is 11.1. The van der Waals surface area contributed by atoms with Crippen LogP contribution in [0.1, 0.15) is 39.9 Å². The molecule has 0 radical (unpaired) electrons. The number of ether oxygens (including phenoxy) is 1. The molecular formula is C21H20F3NO4. The third-order valence-electron chi connectivity index (χ3n) is 4.26. The number of nitrogens with one attached hydrogen (secondary N) is 1. The number of Topliss-reactive ketones (excluding diaryl/α,β-unsaturated/α-hetero) is 1. The van der Waals surface area contributed by atoms with Crippen molar-refractivity contribution in [3.05, 3.63) is 64.7 Å². The summed E-state index contributed by atoms with van der Waals surface area (Å²) in [6.45, 7) is 3.29. The molecule has 0 aromatic heterocycles. The number of amides is 1. The zero-order valence-corrected chi connectivity index (χ0v) is 15.9. The van der Waals surface area contributed by atoms with Crippen molar-refractivity contribution in [1.29, 1.82) is 0 Å². The van der Waals surface area contributed by atoms with Crippen LogP contribution in [0.5, 0.6) is 0 Å². The first-order chi connectivity index (χ1) is 13.6. The second kappa shape index (κ2) is 9.36. The number of carbonyl (C=O) groups is 3. The highest BCUT2D eigenvalue weighted by atomic mass is 19.4. The fourth-order valence-corrected chi connectivity index (χ4v) is 2.48. The molecule has 1 N–H and O–H groups in total. The maximum atomic E-state index is 12.9. The minimum absolute atomic E-state index is 0.361. The Hall–Kier alpha value is -3.16. The number of anilines is 1. The SMILES string of the molecule is Cc1ccc(C(=O)COC(=O)CCC(=O)Nc2ccccc2C(F)(F)F)cc1C. The summed E-state index contributed by atoms with van der Waals surface area (Å²) in [4.78, 5) is 35.7. The van der Waals surface area contributed by atoms with Gasteiger partial charge in [-0.1, -0.05) is 24.3 Å². The second-order valence-electron chi connectivity index (χ2n) is 6.47. The average molecular weight is 407 g/mol. The van der Waals surface area contributed by atoms with Gasteiger partial charge in [0, 0.05) is 12.0 Å². The first kappa shape index (κ1) is 22.1. The fourth-order valence-electron chi connectivity index (χ4n) is 2.48. The summed E-state index contributed by atoms with van der Waals surface area (Å²) in [5, 5.41) is 2.14. The van der Waals surface area contributed by atoms with Crippen LogP contribution >= 0.6 is 0 Å². The van der Waals surface area contributed by atoms with E-state index in [2.05, 4.69) is 5.32 Å². The van der Waals surface area contributed by atoms with Crippen molar-refractivity contribution >= 4 is 23.3 Å². The molecule has 0 saturated carbocycles. The molecule has 0 unspecified atom stereocenters. The highest BCUT2D eigenvalue weighted by Gasteiger charge is 2.33. The van der Waals surface area contributed by atoms with Gasteiger partial charge < -0.3 is 10.1 Å². The van der Waals surface area contributed by atoms with Crippen LogP contribution in [0.4, 0.5) is 18.9 Å². The minimum Gasteiger partial charge on any atom is -0.457 e. The van der Waals surface area contributed by atoms with Crippen molar-refractivity contribution in [2.24, 2.45) is 0 Å². The monoisotopic (exact) mass is 407 g/mol. The van der Waals surface area contributed by atoms with Crippen LogP contribution < -0.4 is 5.32 Å². The molecule has 154 valence electrons. The molecule has 0 aliphatic carbocycles. The Bertz CT molecular complexity index is 922. The quantitative estimate of drug-likeness (QED) is 0.543. The molecule has 0 fully saturated rings. The van der Waals surface area contributed by atoms with Gasteiger partial charge in [0.05, 0.1) is 17.7 Å². The molecule has 0 aliphatic heterocycles. The number of esters is 1. The van der Waals surface area contributed by atoms with Crippen LogP contribution in [0, 0.1) is 13.8 Å². The first-order valence-electron chi connectivity index (χ1n) is 8.80. The summed E-state index contributed by atoms with van der Waals surface area (Å²) >= 11 is 0. The summed E-state index contributed by atoms with van der Waals surface area (Å²) in [6, 6.07) is 9.65. The molecular weight excluding hydrogens is 387 g/mol. The van der Waals surface area contributed by atoms with Crippen LogP contribution in [-0.2, 0) is 20.5 Å². The molecule has 1 amide bonds. The molecule has 2 aromatic carbocycles. The van der Waals surface area contributed by atoms with Crippen molar-refractivity contribution in [2.75, 3.05) is 11.9 Å². The van der Waals surface area contributed by atoms with Crippen molar-refractivity contribution < 1.29 is 32.3 Å². The molecule has 0 saturated heterocycles. The van der Waals surface area contributed by atoms with E-state index in [4.69, 9.17) is 4.74 Å². The topological polar surface area (TPSA) is 72.5 Å². The van der Waals surface area contributed by atoms with Gasteiger partial charge in [0.15, 0.2) is 12.4 Å². The second-order valence-corrected chi connectivity index (χ2v) is 6.47. The van der Waals surface area contributed by atoms with E-state index in [0.717, 1.165) is 23.3 Å². The van der Waals surface area contributed by atoms with E-state index in [-0.39, 0.29) is 24.3 Å². The van der Waals surface area contributed by atoms with Crippen LogP contribution in [0.15, 0.2) is 42.5 Å². The lowest BCUT2D eigenvalue weighted by molar-refractivity contribution is -0.143. The van der Waals surface area contributed by atoms with Crippen LogP contribution in [0.2, 0.25) is 0 Å². The van der Waals surface area contributed by atoms with Crippen molar-refractivity contribution in [3.8, 4) is 0 Å².